The van der Waals surface area contributed by atoms with Gasteiger partial charge in [0.2, 0.25) is 5.91 Å². The summed E-state index contributed by atoms with van der Waals surface area (Å²) in [7, 11) is 0. The van der Waals surface area contributed by atoms with Crippen LogP contribution < -0.4 is 14.9 Å². The normalized spacial score (nSPS) is 10.9. The minimum absolute atomic E-state index is 0.225. The molecular weight excluding hydrogens is 531 g/mol. The molecule has 1 N–H and O–H groups in total. The number of hydrogen-bond donors (Lipinski definition) is 1. The van der Waals surface area contributed by atoms with E-state index in [1.807, 2.05) is 19.1 Å². The largest absolute Gasteiger partial charge is 0.490 e. The molecule has 0 aliphatic carbocycles. The zero-order valence-electron chi connectivity index (χ0n) is 17.7. The van der Waals surface area contributed by atoms with E-state index in [1.54, 1.807) is 36.4 Å². The molecule has 9 heteroatoms. The highest BCUT2D eigenvalue weighted by Gasteiger charge is 2.12. The standard InChI is InChI=1S/C24H21BrClFN2O3S/c1-2-31-22-12-17(11-21(25)24(22)32-14-16-3-7-19(27)8-4-16)13-28-29-23(30)15-33-20-9-5-18(26)6-10-20/h3-13H,2,14-15H2,1H3,(H,29,30)/b28-13-. The number of rotatable bonds is 10. The highest BCUT2D eigenvalue weighted by atomic mass is 79.9. The number of carbonyl (C=O) groups is 1. The number of hydrogen-bond acceptors (Lipinski definition) is 5. The predicted molar refractivity (Wildman–Crippen MR) is 134 cm³/mol. The van der Waals surface area contributed by atoms with Gasteiger partial charge in [0.15, 0.2) is 11.5 Å². The molecule has 0 fully saturated rings. The summed E-state index contributed by atoms with van der Waals surface area (Å²) >= 11 is 10.8. The number of thioether (sulfide) groups is 1. The van der Waals surface area contributed by atoms with E-state index in [4.69, 9.17) is 21.1 Å². The van der Waals surface area contributed by atoms with Gasteiger partial charge in [0, 0.05) is 9.92 Å². The van der Waals surface area contributed by atoms with Crippen molar-refractivity contribution in [2.45, 2.75) is 18.4 Å². The third-order valence-corrected chi connectivity index (χ3v) is 6.07. The topological polar surface area (TPSA) is 59.9 Å². The molecule has 0 bridgehead atoms. The van der Waals surface area contributed by atoms with Gasteiger partial charge in [0.05, 0.1) is 23.0 Å². The molecular formula is C24H21BrClFN2O3S. The molecule has 0 aliphatic rings. The Morgan fingerprint density at radius 1 is 1.15 bits per heavy atom. The van der Waals surface area contributed by atoms with Crippen LogP contribution in [-0.4, -0.2) is 24.5 Å². The molecule has 0 radical (unpaired) electrons. The first-order chi connectivity index (χ1) is 15.9. The molecule has 0 spiro atoms. The maximum absolute atomic E-state index is 13.1. The van der Waals surface area contributed by atoms with Gasteiger partial charge in [-0.15, -0.1) is 11.8 Å². The van der Waals surface area contributed by atoms with Crippen LogP contribution in [-0.2, 0) is 11.4 Å². The van der Waals surface area contributed by atoms with Crippen molar-refractivity contribution in [2.24, 2.45) is 5.10 Å². The zero-order chi connectivity index (χ0) is 23.6. The maximum Gasteiger partial charge on any atom is 0.250 e. The maximum atomic E-state index is 13.1. The third kappa shape index (κ3) is 8.07. The predicted octanol–water partition coefficient (Wildman–Crippen LogP) is 6.46. The van der Waals surface area contributed by atoms with E-state index in [1.165, 1.54) is 30.1 Å². The first kappa shape index (κ1) is 25.1. The van der Waals surface area contributed by atoms with Gasteiger partial charge < -0.3 is 9.47 Å². The van der Waals surface area contributed by atoms with Crippen molar-refractivity contribution in [3.05, 3.63) is 87.1 Å². The van der Waals surface area contributed by atoms with Crippen molar-refractivity contribution in [2.75, 3.05) is 12.4 Å². The molecule has 0 aromatic heterocycles. The Hall–Kier alpha value is -2.55. The lowest BCUT2D eigenvalue weighted by atomic mass is 10.2. The monoisotopic (exact) mass is 550 g/mol. The number of nitrogens with one attached hydrogen (secondary N) is 1. The van der Waals surface area contributed by atoms with Crippen LogP contribution in [0.25, 0.3) is 0 Å². The Morgan fingerprint density at radius 2 is 1.88 bits per heavy atom. The fourth-order valence-electron chi connectivity index (χ4n) is 2.69. The molecule has 5 nitrogen and oxygen atoms in total. The van der Waals surface area contributed by atoms with Crippen LogP contribution in [0.4, 0.5) is 4.39 Å². The minimum atomic E-state index is -0.297. The molecule has 172 valence electrons. The first-order valence-corrected chi connectivity index (χ1v) is 12.1. The second-order valence-corrected chi connectivity index (χ2v) is 9.05. The Labute approximate surface area is 209 Å². The van der Waals surface area contributed by atoms with Gasteiger partial charge >= 0.3 is 0 Å². The van der Waals surface area contributed by atoms with Gasteiger partial charge in [0.1, 0.15) is 12.4 Å². The van der Waals surface area contributed by atoms with Crippen molar-refractivity contribution in [3.63, 3.8) is 0 Å². The number of carbonyl (C=O) groups excluding carboxylic acids is 1. The lowest BCUT2D eigenvalue weighted by Gasteiger charge is -2.14. The van der Waals surface area contributed by atoms with Crippen molar-refractivity contribution < 1.29 is 18.7 Å². The summed E-state index contributed by atoms with van der Waals surface area (Å²) in [5.41, 5.74) is 4.06. The Balaban J connectivity index is 1.60. The second kappa shape index (κ2) is 12.6. The average molecular weight is 552 g/mol. The summed E-state index contributed by atoms with van der Waals surface area (Å²) in [5, 5.41) is 4.68. The summed E-state index contributed by atoms with van der Waals surface area (Å²) in [6.45, 7) is 2.57. The molecule has 1 amide bonds. The van der Waals surface area contributed by atoms with Crippen LogP contribution in [0.1, 0.15) is 18.1 Å². The molecule has 3 rings (SSSR count). The quantitative estimate of drug-likeness (QED) is 0.178. The number of ether oxygens (including phenoxy) is 2. The molecule has 0 aliphatic heterocycles. The molecule has 0 saturated heterocycles. The van der Waals surface area contributed by atoms with Crippen molar-refractivity contribution in [3.8, 4) is 11.5 Å². The van der Waals surface area contributed by atoms with Crippen LogP contribution in [0.3, 0.4) is 0 Å². The lowest BCUT2D eigenvalue weighted by Crippen LogP contribution is -2.19. The van der Waals surface area contributed by atoms with Gasteiger partial charge in [-0.1, -0.05) is 23.7 Å². The van der Waals surface area contributed by atoms with Crippen LogP contribution in [0.15, 0.2) is 75.1 Å². The fraction of sp³-hybridized carbons (Fsp3) is 0.167. The summed E-state index contributed by atoms with van der Waals surface area (Å²) in [6, 6.07) is 17.0. The van der Waals surface area contributed by atoms with Gasteiger partial charge in [-0.25, -0.2) is 9.82 Å². The van der Waals surface area contributed by atoms with Gasteiger partial charge in [0.25, 0.3) is 0 Å². The number of nitrogens with zero attached hydrogens (tertiary/aromatic N) is 1. The van der Waals surface area contributed by atoms with Crippen LogP contribution >= 0.6 is 39.3 Å². The smallest absolute Gasteiger partial charge is 0.250 e. The van der Waals surface area contributed by atoms with Crippen molar-refractivity contribution >= 4 is 51.4 Å². The molecule has 3 aromatic rings. The van der Waals surface area contributed by atoms with Crippen LogP contribution in [0, 0.1) is 5.82 Å². The number of hydrazone groups is 1. The molecule has 33 heavy (non-hydrogen) atoms. The second-order valence-electron chi connectivity index (χ2n) is 6.71. The van der Waals surface area contributed by atoms with Crippen LogP contribution in [0.2, 0.25) is 5.02 Å². The summed E-state index contributed by atoms with van der Waals surface area (Å²) in [4.78, 5) is 13.0. The highest BCUT2D eigenvalue weighted by molar-refractivity contribution is 9.10. The van der Waals surface area contributed by atoms with Gasteiger partial charge in [-0.2, -0.15) is 5.10 Å². The highest BCUT2D eigenvalue weighted by Crippen LogP contribution is 2.37. The Morgan fingerprint density at radius 3 is 2.58 bits per heavy atom. The first-order valence-electron chi connectivity index (χ1n) is 9.98. The zero-order valence-corrected chi connectivity index (χ0v) is 20.8. The summed E-state index contributed by atoms with van der Waals surface area (Å²) in [6.07, 6.45) is 1.53. The number of benzene rings is 3. The molecule has 0 atom stereocenters. The molecule has 3 aromatic carbocycles. The SMILES string of the molecule is CCOc1cc(/C=N\NC(=O)CSc2ccc(Cl)cc2)cc(Br)c1OCc1ccc(F)cc1. The number of amides is 1. The average Bonchev–Trinajstić information content (AvgIpc) is 2.79. The molecule has 0 heterocycles. The van der Waals surface area contributed by atoms with E-state index in [9.17, 15) is 9.18 Å². The van der Waals surface area contributed by atoms with E-state index in [2.05, 4.69) is 26.5 Å². The van der Waals surface area contributed by atoms with Gasteiger partial charge in [-0.3, -0.25) is 4.79 Å². The molecule has 0 unspecified atom stereocenters. The Bertz CT molecular complexity index is 1110. The number of halogens is 3. The Kier molecular flexibility index (Phi) is 9.60. The van der Waals surface area contributed by atoms with E-state index < -0.39 is 0 Å². The van der Waals surface area contributed by atoms with Gasteiger partial charge in [-0.05, 0) is 82.5 Å². The lowest BCUT2D eigenvalue weighted by molar-refractivity contribution is -0.118. The van der Waals surface area contributed by atoms with Crippen molar-refractivity contribution in [1.82, 2.24) is 5.43 Å². The van der Waals surface area contributed by atoms with Crippen molar-refractivity contribution in [1.29, 1.82) is 0 Å². The summed E-state index contributed by atoms with van der Waals surface area (Å²) in [5.74, 6) is 0.758. The summed E-state index contributed by atoms with van der Waals surface area (Å²) < 4.78 is 25.4. The molecule has 0 saturated carbocycles. The van der Waals surface area contributed by atoms with E-state index in [-0.39, 0.29) is 24.1 Å². The minimum Gasteiger partial charge on any atom is -0.490 e. The van der Waals surface area contributed by atoms with E-state index >= 15 is 0 Å². The van der Waals surface area contributed by atoms with Crippen LogP contribution in [0.5, 0.6) is 11.5 Å². The third-order valence-electron chi connectivity index (χ3n) is 4.21. The van der Waals surface area contributed by atoms with E-state index in [0.717, 1.165) is 10.5 Å². The van der Waals surface area contributed by atoms with E-state index in [0.29, 0.717) is 33.2 Å². The fourth-order valence-corrected chi connectivity index (χ4v) is 4.08.